The lowest BCUT2D eigenvalue weighted by Crippen LogP contribution is -2.23. The fourth-order valence-electron chi connectivity index (χ4n) is 3.82. The number of carbonyl (C=O) groups is 1. The molecule has 4 rings (SSSR count). The number of aryl methyl sites for hydroxylation is 1. The van der Waals surface area contributed by atoms with Gasteiger partial charge in [0.25, 0.3) is 5.56 Å². The minimum Gasteiger partial charge on any atom is -0.350 e. The van der Waals surface area contributed by atoms with E-state index in [4.69, 9.17) is 0 Å². The SMILES string of the molecule is CS(=O)(=O)CCc1ccc(C(=C[C@H]2CCC(=O)N2)c2ccc(C3CC3)c(=O)[nH]2)cc1. The Balaban J connectivity index is 1.65. The number of aromatic nitrogens is 1. The molecule has 0 radical (unpaired) electrons. The Hall–Kier alpha value is -2.67. The Bertz CT molecular complexity index is 1140. The van der Waals surface area contributed by atoms with Crippen LogP contribution in [0.5, 0.6) is 0 Å². The van der Waals surface area contributed by atoms with Crippen molar-refractivity contribution in [2.75, 3.05) is 12.0 Å². The Kier molecular flexibility index (Phi) is 5.64. The fourth-order valence-corrected chi connectivity index (χ4v) is 4.42. The lowest BCUT2D eigenvalue weighted by Gasteiger charge is -2.13. The van der Waals surface area contributed by atoms with Crippen LogP contribution in [0.3, 0.4) is 0 Å². The maximum Gasteiger partial charge on any atom is 0.251 e. The number of amides is 1. The third-order valence-electron chi connectivity index (χ3n) is 5.67. The summed E-state index contributed by atoms with van der Waals surface area (Å²) in [6, 6.07) is 11.5. The molecule has 2 N–H and O–H groups in total. The van der Waals surface area contributed by atoms with E-state index in [9.17, 15) is 18.0 Å². The maximum absolute atomic E-state index is 12.6. The average molecular weight is 427 g/mol. The monoisotopic (exact) mass is 426 g/mol. The van der Waals surface area contributed by atoms with Gasteiger partial charge in [-0.3, -0.25) is 9.59 Å². The van der Waals surface area contributed by atoms with Crippen molar-refractivity contribution in [3.63, 3.8) is 0 Å². The van der Waals surface area contributed by atoms with Crippen LogP contribution in [0.2, 0.25) is 0 Å². The van der Waals surface area contributed by atoms with Gasteiger partial charge in [0.15, 0.2) is 0 Å². The van der Waals surface area contributed by atoms with Crippen LogP contribution in [-0.2, 0) is 21.1 Å². The molecule has 30 heavy (non-hydrogen) atoms. The van der Waals surface area contributed by atoms with Crippen molar-refractivity contribution in [1.82, 2.24) is 10.3 Å². The van der Waals surface area contributed by atoms with Crippen LogP contribution >= 0.6 is 0 Å². The highest BCUT2D eigenvalue weighted by atomic mass is 32.2. The Morgan fingerprint density at radius 1 is 1.07 bits per heavy atom. The fraction of sp³-hybridized carbons (Fsp3) is 0.391. The largest absolute Gasteiger partial charge is 0.350 e. The summed E-state index contributed by atoms with van der Waals surface area (Å²) in [5.41, 5.74) is 4.21. The summed E-state index contributed by atoms with van der Waals surface area (Å²) in [5.74, 6) is 0.516. The van der Waals surface area contributed by atoms with Crippen LogP contribution < -0.4 is 10.9 Å². The summed E-state index contributed by atoms with van der Waals surface area (Å²) in [5, 5.41) is 2.95. The maximum atomic E-state index is 12.6. The van der Waals surface area contributed by atoms with E-state index >= 15 is 0 Å². The molecular weight excluding hydrogens is 400 g/mol. The van der Waals surface area contributed by atoms with E-state index < -0.39 is 9.84 Å². The van der Waals surface area contributed by atoms with Gasteiger partial charge in [-0.1, -0.05) is 36.4 Å². The van der Waals surface area contributed by atoms with Gasteiger partial charge >= 0.3 is 0 Å². The molecule has 0 bridgehead atoms. The van der Waals surface area contributed by atoms with Gasteiger partial charge < -0.3 is 10.3 Å². The van der Waals surface area contributed by atoms with Crippen molar-refractivity contribution in [1.29, 1.82) is 0 Å². The first-order chi connectivity index (χ1) is 14.3. The van der Waals surface area contributed by atoms with Crippen LogP contribution in [-0.4, -0.2) is 37.4 Å². The quantitative estimate of drug-likeness (QED) is 0.711. The zero-order valence-corrected chi connectivity index (χ0v) is 17.8. The number of carbonyl (C=O) groups excluding carboxylic acids is 1. The molecule has 2 aromatic rings. The number of nitrogens with one attached hydrogen (secondary N) is 2. The number of hydrogen-bond donors (Lipinski definition) is 2. The van der Waals surface area contributed by atoms with Crippen LogP contribution in [0.25, 0.3) is 5.57 Å². The smallest absolute Gasteiger partial charge is 0.251 e. The molecule has 1 aromatic heterocycles. The Morgan fingerprint density at radius 3 is 2.37 bits per heavy atom. The molecule has 1 aliphatic carbocycles. The highest BCUT2D eigenvalue weighted by molar-refractivity contribution is 7.90. The van der Waals surface area contributed by atoms with Crippen molar-refractivity contribution in [3.8, 4) is 0 Å². The third kappa shape index (κ3) is 5.08. The molecular formula is C23H26N2O4S. The standard InChI is InChI=1S/C23H26N2O4S/c1-30(28,29)13-12-15-2-4-17(5-3-15)20(14-18-8-11-22(26)24-18)21-10-9-19(16-6-7-16)23(27)25-21/h2-5,9-10,14,16,18H,6-8,11-13H2,1H3,(H,24,26)(H,25,27)/t18-/m1/s1. The second kappa shape index (κ2) is 8.22. The second-order valence-electron chi connectivity index (χ2n) is 8.30. The molecule has 7 heteroatoms. The first-order valence-corrected chi connectivity index (χ1v) is 12.4. The van der Waals surface area contributed by atoms with E-state index in [1.54, 1.807) is 0 Å². The summed E-state index contributed by atoms with van der Waals surface area (Å²) in [6.45, 7) is 0. The molecule has 1 saturated carbocycles. The Morgan fingerprint density at radius 2 is 1.80 bits per heavy atom. The molecule has 0 unspecified atom stereocenters. The molecule has 1 aromatic carbocycles. The summed E-state index contributed by atoms with van der Waals surface area (Å²) >= 11 is 0. The van der Waals surface area contributed by atoms with Crippen molar-refractivity contribution < 1.29 is 13.2 Å². The van der Waals surface area contributed by atoms with E-state index in [0.717, 1.165) is 47.2 Å². The van der Waals surface area contributed by atoms with Gasteiger partial charge in [-0.05, 0) is 48.8 Å². The predicted octanol–water partition coefficient (Wildman–Crippen LogP) is 2.55. The van der Waals surface area contributed by atoms with Crippen LogP contribution in [0.4, 0.5) is 0 Å². The van der Waals surface area contributed by atoms with Crippen LogP contribution in [0.15, 0.2) is 47.3 Å². The lowest BCUT2D eigenvalue weighted by atomic mass is 9.97. The predicted molar refractivity (Wildman–Crippen MR) is 117 cm³/mol. The molecule has 1 aliphatic heterocycles. The number of hydrogen-bond acceptors (Lipinski definition) is 4. The van der Waals surface area contributed by atoms with Gasteiger partial charge in [0, 0.05) is 35.5 Å². The highest BCUT2D eigenvalue weighted by Crippen LogP contribution is 2.38. The van der Waals surface area contributed by atoms with Gasteiger partial charge in [0.1, 0.15) is 9.84 Å². The minimum atomic E-state index is -3.01. The van der Waals surface area contributed by atoms with Gasteiger partial charge in [-0.2, -0.15) is 0 Å². The summed E-state index contributed by atoms with van der Waals surface area (Å²) < 4.78 is 22.8. The molecule has 2 aliphatic rings. The number of aromatic amines is 1. The minimum absolute atomic E-state index is 0.0318. The molecule has 1 atom stereocenters. The van der Waals surface area contributed by atoms with Crippen molar-refractivity contribution in [3.05, 3.63) is 75.2 Å². The second-order valence-corrected chi connectivity index (χ2v) is 10.6. The molecule has 0 spiro atoms. The lowest BCUT2D eigenvalue weighted by molar-refractivity contribution is -0.119. The number of benzene rings is 1. The van der Waals surface area contributed by atoms with Gasteiger partial charge in [-0.15, -0.1) is 0 Å². The van der Waals surface area contributed by atoms with Crippen molar-refractivity contribution in [2.45, 2.75) is 44.1 Å². The number of pyridine rings is 1. The zero-order chi connectivity index (χ0) is 21.3. The van der Waals surface area contributed by atoms with Gasteiger partial charge in [0.2, 0.25) is 5.91 Å². The number of H-pyrrole nitrogens is 1. The van der Waals surface area contributed by atoms with E-state index in [1.165, 1.54) is 6.26 Å². The molecule has 1 saturated heterocycles. The van der Waals surface area contributed by atoms with Crippen LogP contribution in [0.1, 0.15) is 54.0 Å². The average Bonchev–Trinajstić information content (AvgIpc) is 3.46. The number of rotatable bonds is 7. The van der Waals surface area contributed by atoms with Gasteiger partial charge in [0.05, 0.1) is 5.75 Å². The van der Waals surface area contributed by atoms with Crippen molar-refractivity contribution in [2.24, 2.45) is 0 Å². The molecule has 2 heterocycles. The van der Waals surface area contributed by atoms with E-state index in [0.29, 0.717) is 18.8 Å². The summed E-state index contributed by atoms with van der Waals surface area (Å²) in [4.78, 5) is 27.2. The van der Waals surface area contributed by atoms with E-state index in [-0.39, 0.29) is 23.3 Å². The number of sulfone groups is 1. The van der Waals surface area contributed by atoms with Gasteiger partial charge in [-0.25, -0.2) is 8.42 Å². The van der Waals surface area contributed by atoms with E-state index in [2.05, 4.69) is 10.3 Å². The van der Waals surface area contributed by atoms with Crippen LogP contribution in [0, 0.1) is 0 Å². The summed E-state index contributed by atoms with van der Waals surface area (Å²) in [7, 11) is -3.01. The molecule has 6 nitrogen and oxygen atoms in total. The normalized spacial score (nSPS) is 19.7. The zero-order valence-electron chi connectivity index (χ0n) is 17.0. The van der Waals surface area contributed by atoms with Crippen molar-refractivity contribution >= 4 is 21.3 Å². The Labute approximate surface area is 176 Å². The molecule has 1 amide bonds. The third-order valence-corrected chi connectivity index (χ3v) is 6.62. The first kappa shape index (κ1) is 20.6. The topological polar surface area (TPSA) is 96.1 Å². The first-order valence-electron chi connectivity index (χ1n) is 10.3. The van der Waals surface area contributed by atoms with E-state index in [1.807, 2.05) is 42.5 Å². The highest BCUT2D eigenvalue weighted by Gasteiger charge is 2.26. The molecule has 158 valence electrons. The molecule has 2 fully saturated rings. The summed E-state index contributed by atoms with van der Waals surface area (Å²) in [6.07, 6.45) is 7.04.